The number of carbonyl (C=O) groups excluding carboxylic acids is 1. The molecule has 2 N–H and O–H groups in total. The highest BCUT2D eigenvalue weighted by molar-refractivity contribution is 5.79. The van der Waals surface area contributed by atoms with Gasteiger partial charge in [-0.15, -0.1) is 0 Å². The van der Waals surface area contributed by atoms with Crippen molar-refractivity contribution in [3.8, 4) is 0 Å². The van der Waals surface area contributed by atoms with Gasteiger partial charge in [0.05, 0.1) is 13.1 Å². The fourth-order valence-electron chi connectivity index (χ4n) is 1.79. The van der Waals surface area contributed by atoms with Crippen LogP contribution in [0.4, 0.5) is 0 Å². The van der Waals surface area contributed by atoms with E-state index in [0.717, 1.165) is 12.8 Å². The summed E-state index contributed by atoms with van der Waals surface area (Å²) in [6.07, 6.45) is 1.66. The van der Waals surface area contributed by atoms with Crippen molar-refractivity contribution in [3.05, 3.63) is 0 Å². The zero-order valence-electron chi connectivity index (χ0n) is 10.1. The van der Waals surface area contributed by atoms with Crippen LogP contribution in [0.15, 0.2) is 0 Å². The summed E-state index contributed by atoms with van der Waals surface area (Å²) < 4.78 is 5.20. The number of aliphatic carboxylic acids is 1. The Morgan fingerprint density at radius 3 is 2.53 bits per heavy atom. The molecule has 0 aliphatic carbocycles. The molecule has 1 rings (SSSR count). The minimum Gasteiger partial charge on any atom is -0.480 e. The molecule has 6 nitrogen and oxygen atoms in total. The Hall–Kier alpha value is -1.14. The molecule has 0 atom stereocenters. The van der Waals surface area contributed by atoms with E-state index >= 15 is 0 Å². The van der Waals surface area contributed by atoms with Crippen molar-refractivity contribution in [2.24, 2.45) is 0 Å². The van der Waals surface area contributed by atoms with Crippen molar-refractivity contribution in [3.63, 3.8) is 0 Å². The van der Waals surface area contributed by atoms with Crippen LogP contribution >= 0.6 is 0 Å². The molecule has 1 heterocycles. The number of carboxylic acids is 1. The summed E-state index contributed by atoms with van der Waals surface area (Å²) in [6.45, 7) is 3.78. The number of ether oxygens (including phenoxy) is 1. The number of nitrogens with one attached hydrogen (secondary N) is 1. The van der Waals surface area contributed by atoms with Crippen molar-refractivity contribution < 1.29 is 19.4 Å². The number of carboxylic acid groups (broad SMARTS) is 1. The van der Waals surface area contributed by atoms with E-state index in [0.29, 0.717) is 19.8 Å². The smallest absolute Gasteiger partial charge is 0.317 e. The summed E-state index contributed by atoms with van der Waals surface area (Å²) in [4.78, 5) is 23.8. The molecule has 1 aliphatic heterocycles. The molecule has 1 saturated heterocycles. The first-order valence-electron chi connectivity index (χ1n) is 5.93. The predicted molar refractivity (Wildman–Crippen MR) is 61.7 cm³/mol. The average molecular weight is 244 g/mol. The van der Waals surface area contributed by atoms with Crippen LogP contribution in [-0.2, 0) is 14.3 Å². The molecular formula is C11H20N2O4. The van der Waals surface area contributed by atoms with Crippen molar-refractivity contribution in [1.29, 1.82) is 0 Å². The molecule has 0 aromatic heterocycles. The van der Waals surface area contributed by atoms with Crippen LogP contribution < -0.4 is 5.32 Å². The van der Waals surface area contributed by atoms with Crippen LogP contribution in [0, 0.1) is 0 Å². The van der Waals surface area contributed by atoms with Crippen molar-refractivity contribution in [2.75, 3.05) is 32.8 Å². The zero-order chi connectivity index (χ0) is 12.7. The van der Waals surface area contributed by atoms with Crippen LogP contribution in [0.5, 0.6) is 0 Å². The molecule has 1 fully saturated rings. The number of hydrogen-bond acceptors (Lipinski definition) is 4. The Balaban J connectivity index is 2.28. The highest BCUT2D eigenvalue weighted by Gasteiger charge is 2.18. The molecule has 0 radical (unpaired) electrons. The number of amides is 1. The van der Waals surface area contributed by atoms with Gasteiger partial charge in [-0.25, -0.2) is 0 Å². The molecule has 0 spiro atoms. The number of likely N-dealkylation sites (N-methyl/N-ethyl adjacent to an activating group) is 1. The maximum atomic E-state index is 11.7. The van der Waals surface area contributed by atoms with E-state index in [1.165, 1.54) is 0 Å². The molecule has 0 saturated carbocycles. The second-order valence-electron chi connectivity index (χ2n) is 4.15. The van der Waals surface area contributed by atoms with Crippen molar-refractivity contribution >= 4 is 11.9 Å². The van der Waals surface area contributed by atoms with Crippen molar-refractivity contribution in [2.45, 2.75) is 25.8 Å². The minimum absolute atomic E-state index is 0.0995. The number of nitrogens with zero attached hydrogens (tertiary/aromatic N) is 1. The summed E-state index contributed by atoms with van der Waals surface area (Å²) >= 11 is 0. The fraction of sp³-hybridized carbons (Fsp3) is 0.818. The van der Waals surface area contributed by atoms with Crippen LogP contribution in [-0.4, -0.2) is 60.8 Å². The third-order valence-corrected chi connectivity index (χ3v) is 2.76. The van der Waals surface area contributed by atoms with E-state index in [1.54, 1.807) is 4.90 Å². The summed E-state index contributed by atoms with van der Waals surface area (Å²) in [5, 5.41) is 11.6. The lowest BCUT2D eigenvalue weighted by Gasteiger charge is -2.24. The van der Waals surface area contributed by atoms with Crippen LogP contribution in [0.1, 0.15) is 19.8 Å². The monoisotopic (exact) mass is 244 g/mol. The van der Waals surface area contributed by atoms with Gasteiger partial charge in [-0.1, -0.05) is 6.92 Å². The Kier molecular flexibility index (Phi) is 5.93. The van der Waals surface area contributed by atoms with E-state index in [-0.39, 0.29) is 25.0 Å². The first-order valence-corrected chi connectivity index (χ1v) is 5.93. The topological polar surface area (TPSA) is 78.9 Å². The van der Waals surface area contributed by atoms with Crippen LogP contribution in [0.25, 0.3) is 0 Å². The average Bonchev–Trinajstić information content (AvgIpc) is 2.28. The quantitative estimate of drug-likeness (QED) is 0.670. The number of carbonyl (C=O) groups is 2. The van der Waals surface area contributed by atoms with Gasteiger partial charge in [0.2, 0.25) is 5.91 Å². The molecule has 6 heteroatoms. The zero-order valence-corrected chi connectivity index (χ0v) is 10.1. The third-order valence-electron chi connectivity index (χ3n) is 2.76. The summed E-state index contributed by atoms with van der Waals surface area (Å²) in [5.41, 5.74) is 0. The highest BCUT2D eigenvalue weighted by Crippen LogP contribution is 2.05. The van der Waals surface area contributed by atoms with Gasteiger partial charge in [-0.3, -0.25) is 14.5 Å². The lowest BCUT2D eigenvalue weighted by atomic mass is 10.1. The van der Waals surface area contributed by atoms with E-state index < -0.39 is 5.97 Å². The van der Waals surface area contributed by atoms with Gasteiger partial charge in [0.25, 0.3) is 0 Å². The molecule has 1 aliphatic rings. The number of hydrogen-bond donors (Lipinski definition) is 2. The van der Waals surface area contributed by atoms with Gasteiger partial charge in [0.15, 0.2) is 0 Å². The van der Waals surface area contributed by atoms with E-state index in [2.05, 4.69) is 5.32 Å². The first-order chi connectivity index (χ1) is 8.11. The first kappa shape index (κ1) is 13.9. The molecule has 0 aromatic carbocycles. The Morgan fingerprint density at radius 2 is 2.00 bits per heavy atom. The molecule has 17 heavy (non-hydrogen) atoms. The van der Waals surface area contributed by atoms with Crippen LogP contribution in [0.3, 0.4) is 0 Å². The van der Waals surface area contributed by atoms with E-state index in [4.69, 9.17) is 9.84 Å². The van der Waals surface area contributed by atoms with E-state index in [9.17, 15) is 9.59 Å². The standard InChI is InChI=1S/C11H20N2O4/c1-2-13(8-11(15)16)7-10(14)12-9-3-5-17-6-4-9/h9H,2-8H2,1H3,(H,12,14)(H,15,16). The molecular weight excluding hydrogens is 224 g/mol. The Bertz CT molecular complexity index is 264. The summed E-state index contributed by atoms with van der Waals surface area (Å²) in [5.74, 6) is -1.02. The Morgan fingerprint density at radius 1 is 1.35 bits per heavy atom. The molecule has 1 amide bonds. The van der Waals surface area contributed by atoms with Gasteiger partial charge in [-0.05, 0) is 19.4 Å². The van der Waals surface area contributed by atoms with Crippen LogP contribution in [0.2, 0.25) is 0 Å². The second-order valence-corrected chi connectivity index (χ2v) is 4.15. The maximum Gasteiger partial charge on any atom is 0.317 e. The maximum absolute atomic E-state index is 11.7. The van der Waals surface area contributed by atoms with Crippen molar-refractivity contribution in [1.82, 2.24) is 10.2 Å². The third kappa shape index (κ3) is 5.65. The molecule has 0 unspecified atom stereocenters. The predicted octanol–water partition coefficient (Wildman–Crippen LogP) is -0.312. The second kappa shape index (κ2) is 7.24. The fourth-order valence-corrected chi connectivity index (χ4v) is 1.79. The van der Waals surface area contributed by atoms with Gasteiger partial charge in [0, 0.05) is 19.3 Å². The summed E-state index contributed by atoms with van der Waals surface area (Å²) in [6, 6.07) is 0.166. The largest absolute Gasteiger partial charge is 0.480 e. The molecule has 0 aromatic rings. The normalized spacial score (nSPS) is 17.1. The number of rotatable bonds is 6. The van der Waals surface area contributed by atoms with Gasteiger partial charge in [-0.2, -0.15) is 0 Å². The minimum atomic E-state index is -0.911. The lowest BCUT2D eigenvalue weighted by Crippen LogP contribution is -2.45. The van der Waals surface area contributed by atoms with E-state index in [1.807, 2.05) is 6.92 Å². The summed E-state index contributed by atoms with van der Waals surface area (Å²) in [7, 11) is 0. The SMILES string of the molecule is CCN(CC(=O)O)CC(=O)NC1CCOCC1. The van der Waals surface area contributed by atoms with Gasteiger partial charge < -0.3 is 15.2 Å². The van der Waals surface area contributed by atoms with Gasteiger partial charge in [0.1, 0.15) is 0 Å². The highest BCUT2D eigenvalue weighted by atomic mass is 16.5. The molecule has 0 bridgehead atoms. The lowest BCUT2D eigenvalue weighted by molar-refractivity contribution is -0.138. The Labute approximate surface area is 101 Å². The van der Waals surface area contributed by atoms with Gasteiger partial charge >= 0.3 is 5.97 Å². The molecule has 98 valence electrons.